The van der Waals surface area contributed by atoms with E-state index in [-0.39, 0.29) is 24.7 Å². The van der Waals surface area contributed by atoms with Gasteiger partial charge < -0.3 is 20.3 Å². The predicted molar refractivity (Wildman–Crippen MR) is 96.4 cm³/mol. The first-order valence-corrected chi connectivity index (χ1v) is 9.84. The number of fused-ring (bicyclic) bond motifs is 1. The Bertz CT molecular complexity index is 774. The number of carbonyl (C=O) groups excluding carboxylic acids is 1. The van der Waals surface area contributed by atoms with Crippen molar-refractivity contribution in [3.05, 3.63) is 28.8 Å². The highest BCUT2D eigenvalue weighted by molar-refractivity contribution is 5.86. The molecule has 0 amide bonds. The number of methoxy groups -OCH3 is 1. The fraction of sp³-hybridized carbons (Fsp3) is 0.667. The number of aliphatic hydroxyl groups excluding tert-OH is 1. The second-order valence-corrected chi connectivity index (χ2v) is 8.79. The van der Waals surface area contributed by atoms with Gasteiger partial charge in [-0.25, -0.2) is 0 Å². The van der Waals surface area contributed by atoms with Gasteiger partial charge in [0.05, 0.1) is 12.7 Å². The molecule has 1 aromatic carbocycles. The highest BCUT2D eigenvalue weighted by Gasteiger charge is 2.65. The number of hydrogen-bond acceptors (Lipinski definition) is 5. The molecule has 4 aliphatic rings. The van der Waals surface area contributed by atoms with Crippen molar-refractivity contribution < 1.29 is 19.7 Å². The minimum Gasteiger partial charge on any atom is -0.497 e. The molecule has 1 aromatic rings. The molecule has 2 saturated carbocycles. The van der Waals surface area contributed by atoms with E-state index in [9.17, 15) is 15.0 Å². The van der Waals surface area contributed by atoms with Crippen molar-refractivity contribution in [1.82, 2.24) is 5.32 Å². The van der Waals surface area contributed by atoms with Gasteiger partial charge in [0.2, 0.25) is 0 Å². The summed E-state index contributed by atoms with van der Waals surface area (Å²) in [6.45, 7) is 0.783. The molecule has 140 valence electrons. The third-order valence-corrected chi connectivity index (χ3v) is 7.38. The lowest BCUT2D eigenvalue weighted by Gasteiger charge is -2.61. The quantitative estimate of drug-likeness (QED) is 0.759. The lowest BCUT2D eigenvalue weighted by molar-refractivity contribution is -0.167. The fourth-order valence-corrected chi connectivity index (χ4v) is 5.79. The molecule has 5 rings (SSSR count). The van der Waals surface area contributed by atoms with Crippen LogP contribution in [-0.2, 0) is 23.1 Å². The first-order chi connectivity index (χ1) is 12.5. The Balaban J connectivity index is 1.71. The second kappa shape index (κ2) is 5.54. The van der Waals surface area contributed by atoms with E-state index in [1.807, 2.05) is 6.07 Å². The summed E-state index contributed by atoms with van der Waals surface area (Å²) in [5, 5.41) is 25.4. The molecule has 5 nitrogen and oxygen atoms in total. The molecule has 26 heavy (non-hydrogen) atoms. The van der Waals surface area contributed by atoms with Gasteiger partial charge in [0.25, 0.3) is 0 Å². The number of Topliss-reactive ketones (excluding diaryl/α,β-unsaturated/α-hetero) is 1. The Morgan fingerprint density at radius 3 is 2.88 bits per heavy atom. The first-order valence-electron chi connectivity index (χ1n) is 9.84. The zero-order valence-corrected chi connectivity index (χ0v) is 15.3. The molecule has 0 aromatic heterocycles. The number of ketones is 1. The SMILES string of the molecule is COc1cc(CC2CC2)c2c(c1)C13CCNC(C2)C1(O)CC(O)C(=O)C3. The maximum atomic E-state index is 12.5. The molecule has 0 radical (unpaired) electrons. The Labute approximate surface area is 153 Å². The Morgan fingerprint density at radius 2 is 2.15 bits per heavy atom. The summed E-state index contributed by atoms with van der Waals surface area (Å²) < 4.78 is 5.59. The number of hydrogen-bond donors (Lipinski definition) is 3. The lowest BCUT2D eigenvalue weighted by Crippen LogP contribution is -2.74. The van der Waals surface area contributed by atoms with Crippen LogP contribution >= 0.6 is 0 Å². The van der Waals surface area contributed by atoms with Crippen LogP contribution in [0, 0.1) is 5.92 Å². The van der Waals surface area contributed by atoms with Gasteiger partial charge in [-0.3, -0.25) is 4.79 Å². The van der Waals surface area contributed by atoms with E-state index in [2.05, 4.69) is 11.4 Å². The minimum absolute atomic E-state index is 0.113. The maximum absolute atomic E-state index is 12.5. The van der Waals surface area contributed by atoms with Crippen molar-refractivity contribution >= 4 is 5.78 Å². The standard InChI is InChI=1S/C21H27NO4/c1-26-14-7-13(6-12-2-3-12)15-9-19-21(25)11-18(24)17(23)10-20(21,4-5-22-19)16(15)8-14/h7-8,12,18-19,22,24-25H,2-6,9-11H2,1H3. The molecule has 4 atom stereocenters. The van der Waals surface area contributed by atoms with Gasteiger partial charge in [0, 0.05) is 24.3 Å². The monoisotopic (exact) mass is 357 g/mol. The van der Waals surface area contributed by atoms with Gasteiger partial charge in [-0.1, -0.05) is 0 Å². The summed E-state index contributed by atoms with van der Waals surface area (Å²) in [6, 6.07) is 4.08. The summed E-state index contributed by atoms with van der Waals surface area (Å²) in [6.07, 6.45) is 4.36. The highest BCUT2D eigenvalue weighted by atomic mass is 16.5. The summed E-state index contributed by atoms with van der Waals surface area (Å²) in [5.41, 5.74) is 2.00. The molecule has 4 unspecified atom stereocenters. The second-order valence-electron chi connectivity index (χ2n) is 8.79. The van der Waals surface area contributed by atoms with Crippen molar-refractivity contribution in [3.8, 4) is 5.75 Å². The predicted octanol–water partition coefficient (Wildman–Crippen LogP) is 1.26. The van der Waals surface area contributed by atoms with Crippen LogP contribution < -0.4 is 10.1 Å². The molecule has 3 N–H and O–H groups in total. The van der Waals surface area contributed by atoms with E-state index >= 15 is 0 Å². The maximum Gasteiger partial charge on any atom is 0.162 e. The van der Waals surface area contributed by atoms with E-state index < -0.39 is 17.1 Å². The van der Waals surface area contributed by atoms with E-state index in [1.54, 1.807) is 7.11 Å². The van der Waals surface area contributed by atoms with Crippen LogP contribution in [0.2, 0.25) is 0 Å². The third kappa shape index (κ3) is 2.17. The van der Waals surface area contributed by atoms with Crippen LogP contribution in [-0.4, -0.2) is 47.4 Å². The van der Waals surface area contributed by atoms with Gasteiger partial charge in [-0.05, 0) is 73.4 Å². The van der Waals surface area contributed by atoms with Crippen molar-refractivity contribution in [3.63, 3.8) is 0 Å². The average molecular weight is 357 g/mol. The topological polar surface area (TPSA) is 78.8 Å². The highest BCUT2D eigenvalue weighted by Crippen LogP contribution is 2.57. The van der Waals surface area contributed by atoms with Crippen LogP contribution in [0.1, 0.15) is 48.8 Å². The number of piperidine rings is 1. The fourth-order valence-electron chi connectivity index (χ4n) is 5.79. The molecule has 1 heterocycles. The van der Waals surface area contributed by atoms with Gasteiger partial charge in [0.15, 0.2) is 5.78 Å². The van der Waals surface area contributed by atoms with Crippen LogP contribution in [0.3, 0.4) is 0 Å². The Hall–Kier alpha value is -1.43. The van der Waals surface area contributed by atoms with Crippen molar-refractivity contribution in [1.29, 1.82) is 0 Å². The Morgan fingerprint density at radius 1 is 1.35 bits per heavy atom. The number of aliphatic hydroxyl groups is 2. The largest absolute Gasteiger partial charge is 0.497 e. The van der Waals surface area contributed by atoms with Crippen molar-refractivity contribution in [2.24, 2.45) is 5.92 Å². The van der Waals surface area contributed by atoms with Crippen molar-refractivity contribution in [2.45, 2.75) is 68.1 Å². The Kier molecular flexibility index (Phi) is 3.56. The van der Waals surface area contributed by atoms with Crippen LogP contribution in [0.15, 0.2) is 12.1 Å². The normalized spacial score (nSPS) is 38.5. The van der Waals surface area contributed by atoms with Crippen LogP contribution in [0.4, 0.5) is 0 Å². The summed E-state index contributed by atoms with van der Waals surface area (Å²) >= 11 is 0. The smallest absolute Gasteiger partial charge is 0.162 e. The summed E-state index contributed by atoms with van der Waals surface area (Å²) in [4.78, 5) is 12.5. The van der Waals surface area contributed by atoms with E-state index in [4.69, 9.17) is 4.74 Å². The third-order valence-electron chi connectivity index (χ3n) is 7.38. The molecule has 3 fully saturated rings. The van der Waals surface area contributed by atoms with Gasteiger partial charge in [-0.15, -0.1) is 0 Å². The minimum atomic E-state index is -1.09. The molecular formula is C21H27NO4. The summed E-state index contributed by atoms with van der Waals surface area (Å²) in [7, 11) is 1.68. The van der Waals surface area contributed by atoms with Gasteiger partial charge in [-0.2, -0.15) is 0 Å². The molecule has 5 heteroatoms. The lowest BCUT2D eigenvalue weighted by atomic mass is 9.49. The molecule has 1 aliphatic heterocycles. The number of benzene rings is 1. The molecule has 2 bridgehead atoms. The first kappa shape index (κ1) is 16.7. The van der Waals surface area contributed by atoms with Crippen LogP contribution in [0.25, 0.3) is 0 Å². The van der Waals surface area contributed by atoms with Crippen LogP contribution in [0.5, 0.6) is 5.75 Å². The molecular weight excluding hydrogens is 330 g/mol. The van der Waals surface area contributed by atoms with Crippen molar-refractivity contribution in [2.75, 3.05) is 13.7 Å². The summed E-state index contributed by atoms with van der Waals surface area (Å²) in [5.74, 6) is 1.42. The zero-order valence-electron chi connectivity index (χ0n) is 15.3. The van der Waals surface area contributed by atoms with Gasteiger partial charge in [0.1, 0.15) is 11.9 Å². The van der Waals surface area contributed by atoms with E-state index in [1.165, 1.54) is 24.0 Å². The molecule has 1 saturated heterocycles. The number of ether oxygens (including phenoxy) is 1. The number of rotatable bonds is 3. The zero-order chi connectivity index (χ0) is 18.1. The van der Waals surface area contributed by atoms with E-state index in [0.29, 0.717) is 6.42 Å². The molecule has 3 aliphatic carbocycles. The molecule has 0 spiro atoms. The van der Waals surface area contributed by atoms with Gasteiger partial charge >= 0.3 is 0 Å². The number of nitrogens with one attached hydrogen (secondary N) is 1. The van der Waals surface area contributed by atoms with E-state index in [0.717, 1.165) is 36.6 Å². The number of carbonyl (C=O) groups is 1. The average Bonchev–Trinajstić information content (AvgIpc) is 3.40.